The van der Waals surface area contributed by atoms with Crippen molar-refractivity contribution in [3.05, 3.63) is 170 Å². The first-order valence-corrected chi connectivity index (χ1v) is 18.7. The highest BCUT2D eigenvalue weighted by molar-refractivity contribution is 7.28. The van der Waals surface area contributed by atoms with E-state index in [1.807, 2.05) is 22.7 Å². The van der Waals surface area contributed by atoms with Crippen LogP contribution in [0.25, 0.3) is 106 Å². The zero-order valence-electron chi connectivity index (χ0n) is 27.0. The summed E-state index contributed by atoms with van der Waals surface area (Å²) in [5, 5.41) is 13.1. The Kier molecular flexibility index (Phi) is 6.09. The maximum Gasteiger partial charge on any atom is 0.0441 e. The van der Waals surface area contributed by atoms with Crippen LogP contribution in [0.3, 0.4) is 0 Å². The fourth-order valence-electron chi connectivity index (χ4n) is 8.39. The topological polar surface area (TPSA) is 0 Å². The van der Waals surface area contributed by atoms with Gasteiger partial charge in [0.2, 0.25) is 0 Å². The molecule has 0 nitrogen and oxygen atoms in total. The molecule has 0 aliphatic carbocycles. The largest absolute Gasteiger partial charge is 0.135 e. The van der Waals surface area contributed by atoms with Gasteiger partial charge in [-0.2, -0.15) is 0 Å². The van der Waals surface area contributed by atoms with Crippen LogP contribution in [0.2, 0.25) is 0 Å². The molecule has 0 amide bonds. The highest BCUT2D eigenvalue weighted by atomic mass is 32.1. The molecule has 2 heterocycles. The lowest BCUT2D eigenvalue weighted by Crippen LogP contribution is -1.92. The van der Waals surface area contributed by atoms with Gasteiger partial charge in [0.1, 0.15) is 0 Å². The second-order valence-corrected chi connectivity index (χ2v) is 15.2. The van der Waals surface area contributed by atoms with Crippen molar-refractivity contribution in [3.8, 4) is 33.4 Å². The maximum atomic E-state index is 2.45. The molecule has 0 N–H and O–H groups in total. The van der Waals surface area contributed by atoms with Crippen LogP contribution in [0, 0.1) is 0 Å². The van der Waals surface area contributed by atoms with E-state index >= 15 is 0 Å². The van der Waals surface area contributed by atoms with Gasteiger partial charge in [0.15, 0.2) is 0 Å². The van der Waals surface area contributed by atoms with E-state index in [2.05, 4.69) is 170 Å². The number of hydrogen-bond donors (Lipinski definition) is 0. The molecule has 0 aliphatic rings. The van der Waals surface area contributed by atoms with Crippen LogP contribution in [0.1, 0.15) is 0 Å². The van der Waals surface area contributed by atoms with Crippen molar-refractivity contribution in [2.24, 2.45) is 0 Å². The maximum absolute atomic E-state index is 2.45. The number of hydrogen-bond acceptors (Lipinski definition) is 2. The summed E-state index contributed by atoms with van der Waals surface area (Å²) in [5.74, 6) is 0. The summed E-state index contributed by atoms with van der Waals surface area (Å²) >= 11 is 3.84. The standard InChI is InChI=1S/C48H28S2/c1-2-14-29(15-3-1)44-33-19-6-8-21-35(33)45(36-22-9-7-20-34(36)44)37-26-27-38(31-17-5-4-16-30(31)37)47-46-39-23-11-13-25-42(39)49-43(46)28-40-32-18-10-12-24-41(32)50-48(40)47/h1-28H. The molecule has 0 saturated heterocycles. The van der Waals surface area contributed by atoms with Gasteiger partial charge in [-0.25, -0.2) is 0 Å². The van der Waals surface area contributed by atoms with E-state index in [0.29, 0.717) is 0 Å². The van der Waals surface area contributed by atoms with Gasteiger partial charge in [-0.05, 0) is 78.3 Å². The van der Waals surface area contributed by atoms with Gasteiger partial charge in [0.25, 0.3) is 0 Å². The summed E-state index contributed by atoms with van der Waals surface area (Å²) in [6.07, 6.45) is 0. The monoisotopic (exact) mass is 668 g/mol. The summed E-state index contributed by atoms with van der Waals surface area (Å²) in [7, 11) is 0. The van der Waals surface area contributed by atoms with Crippen molar-refractivity contribution in [1.29, 1.82) is 0 Å². The molecule has 9 aromatic carbocycles. The second kappa shape index (κ2) is 10.9. The number of thiophene rings is 2. The molecule has 2 heteroatoms. The third-order valence-electron chi connectivity index (χ3n) is 10.5. The van der Waals surface area contributed by atoms with E-state index < -0.39 is 0 Å². The van der Waals surface area contributed by atoms with Crippen LogP contribution >= 0.6 is 22.7 Å². The van der Waals surface area contributed by atoms with Crippen molar-refractivity contribution < 1.29 is 0 Å². The number of benzene rings is 9. The Labute approximate surface area is 297 Å². The van der Waals surface area contributed by atoms with Crippen LogP contribution in [-0.4, -0.2) is 0 Å². The molecule has 0 fully saturated rings. The summed E-state index contributed by atoms with van der Waals surface area (Å²) in [6.45, 7) is 0. The van der Waals surface area contributed by atoms with Gasteiger partial charge >= 0.3 is 0 Å². The van der Waals surface area contributed by atoms with Gasteiger partial charge in [-0.3, -0.25) is 0 Å². The molecule has 11 aromatic rings. The van der Waals surface area contributed by atoms with E-state index in [4.69, 9.17) is 0 Å². The molecule has 0 spiro atoms. The number of rotatable bonds is 3. The molecular weight excluding hydrogens is 641 g/mol. The van der Waals surface area contributed by atoms with E-state index in [1.54, 1.807) is 0 Å². The zero-order chi connectivity index (χ0) is 32.8. The second-order valence-electron chi connectivity index (χ2n) is 13.1. The summed E-state index contributed by atoms with van der Waals surface area (Å²) in [6, 6.07) is 63.0. The van der Waals surface area contributed by atoms with Gasteiger partial charge in [-0.15, -0.1) is 22.7 Å². The van der Waals surface area contributed by atoms with E-state index in [9.17, 15) is 0 Å². The Bertz CT molecular complexity index is 3080. The lowest BCUT2D eigenvalue weighted by Gasteiger charge is -2.20. The predicted octanol–water partition coefficient (Wildman–Crippen LogP) is 14.9. The van der Waals surface area contributed by atoms with Gasteiger partial charge in [0.05, 0.1) is 0 Å². The molecule has 0 saturated carbocycles. The molecular formula is C48H28S2. The summed E-state index contributed by atoms with van der Waals surface area (Å²) in [4.78, 5) is 0. The van der Waals surface area contributed by atoms with Crippen molar-refractivity contribution >= 4 is 95.3 Å². The van der Waals surface area contributed by atoms with Crippen LogP contribution < -0.4 is 0 Å². The first-order chi connectivity index (χ1) is 24.8. The van der Waals surface area contributed by atoms with Gasteiger partial charge < -0.3 is 0 Å². The zero-order valence-corrected chi connectivity index (χ0v) is 28.6. The first-order valence-electron chi connectivity index (χ1n) is 17.1. The van der Waals surface area contributed by atoms with Crippen LogP contribution in [-0.2, 0) is 0 Å². The van der Waals surface area contributed by atoms with Gasteiger partial charge in [-0.1, -0.05) is 152 Å². The molecule has 50 heavy (non-hydrogen) atoms. The SMILES string of the molecule is c1ccc(-c2c3ccccc3c(-c3ccc(-c4c5sc6ccccc6c5cc5sc6ccccc6c45)c4ccccc34)c3ccccc23)cc1. The number of fused-ring (bicyclic) bond motifs is 9. The third-order valence-corrected chi connectivity index (χ3v) is 12.8. The average Bonchev–Trinajstić information content (AvgIpc) is 3.74. The van der Waals surface area contributed by atoms with E-state index in [1.165, 1.54) is 106 Å². The summed E-state index contributed by atoms with van der Waals surface area (Å²) < 4.78 is 5.38. The van der Waals surface area contributed by atoms with Crippen molar-refractivity contribution in [3.63, 3.8) is 0 Å². The minimum atomic E-state index is 1.25. The Hall–Kier alpha value is -5.80. The summed E-state index contributed by atoms with van der Waals surface area (Å²) in [5.41, 5.74) is 7.76. The quantitative estimate of drug-likeness (QED) is 0.164. The van der Waals surface area contributed by atoms with Crippen LogP contribution in [0.5, 0.6) is 0 Å². The van der Waals surface area contributed by atoms with Crippen molar-refractivity contribution in [2.75, 3.05) is 0 Å². The molecule has 232 valence electrons. The smallest absolute Gasteiger partial charge is 0.0441 e. The molecule has 0 radical (unpaired) electrons. The molecule has 0 atom stereocenters. The minimum Gasteiger partial charge on any atom is -0.135 e. The first kappa shape index (κ1) is 28.1. The molecule has 0 aliphatic heterocycles. The van der Waals surface area contributed by atoms with Crippen molar-refractivity contribution in [2.45, 2.75) is 0 Å². The Morgan fingerprint density at radius 2 is 0.740 bits per heavy atom. The van der Waals surface area contributed by atoms with Crippen molar-refractivity contribution in [1.82, 2.24) is 0 Å². The average molecular weight is 669 g/mol. The van der Waals surface area contributed by atoms with Crippen LogP contribution in [0.15, 0.2) is 170 Å². The molecule has 0 bridgehead atoms. The Morgan fingerprint density at radius 3 is 1.36 bits per heavy atom. The Balaban J connectivity index is 1.28. The molecule has 11 rings (SSSR count). The normalized spacial score (nSPS) is 12.0. The van der Waals surface area contributed by atoms with Crippen LogP contribution in [0.4, 0.5) is 0 Å². The van der Waals surface area contributed by atoms with Gasteiger partial charge in [0, 0.05) is 45.9 Å². The minimum absolute atomic E-state index is 1.25. The fraction of sp³-hybridized carbons (Fsp3) is 0. The highest BCUT2D eigenvalue weighted by Crippen LogP contribution is 2.52. The fourth-order valence-corrected chi connectivity index (χ4v) is 10.8. The molecule has 2 aromatic heterocycles. The third kappa shape index (κ3) is 3.98. The van der Waals surface area contributed by atoms with E-state index in [-0.39, 0.29) is 0 Å². The predicted molar refractivity (Wildman–Crippen MR) is 221 cm³/mol. The molecule has 0 unspecified atom stereocenters. The Morgan fingerprint density at radius 1 is 0.280 bits per heavy atom. The lowest BCUT2D eigenvalue weighted by molar-refractivity contribution is 1.66. The van der Waals surface area contributed by atoms with E-state index in [0.717, 1.165) is 0 Å². The highest BCUT2D eigenvalue weighted by Gasteiger charge is 2.22. The lowest BCUT2D eigenvalue weighted by atomic mass is 9.83.